The Morgan fingerprint density at radius 1 is 0.900 bits per heavy atom. The molecule has 0 saturated carbocycles. The first-order valence-corrected chi connectivity index (χ1v) is 9.90. The fourth-order valence-electron chi connectivity index (χ4n) is 3.59. The van der Waals surface area contributed by atoms with Gasteiger partial charge in [0.05, 0.1) is 12.2 Å². The van der Waals surface area contributed by atoms with E-state index in [2.05, 4.69) is 16.3 Å². The molecule has 3 aromatic carbocycles. The van der Waals surface area contributed by atoms with Crippen LogP contribution in [0.3, 0.4) is 0 Å². The molecule has 0 fully saturated rings. The predicted octanol–water partition coefficient (Wildman–Crippen LogP) is 4.71. The molecule has 0 bridgehead atoms. The van der Waals surface area contributed by atoms with Crippen LogP contribution in [0, 0.1) is 6.92 Å². The normalized spacial score (nSPS) is 12.7. The van der Waals surface area contributed by atoms with Gasteiger partial charge in [-0.05, 0) is 42.8 Å². The SMILES string of the molecule is Cc1nnc2n1-c1ccccc1C(c1ccc(Cl)cc1)=NN2Cc1ccc(O)cc1. The lowest BCUT2D eigenvalue weighted by Crippen LogP contribution is -2.20. The van der Waals surface area contributed by atoms with Crippen molar-refractivity contribution in [1.29, 1.82) is 0 Å². The number of hydrogen-bond donors (Lipinski definition) is 1. The van der Waals surface area contributed by atoms with E-state index in [0.717, 1.165) is 33.9 Å². The molecule has 0 unspecified atom stereocenters. The van der Waals surface area contributed by atoms with Crippen molar-refractivity contribution in [2.75, 3.05) is 5.01 Å². The Bertz CT molecular complexity index is 1250. The van der Waals surface area contributed by atoms with E-state index >= 15 is 0 Å². The van der Waals surface area contributed by atoms with Gasteiger partial charge in [-0.2, -0.15) is 5.10 Å². The molecule has 0 radical (unpaired) electrons. The largest absolute Gasteiger partial charge is 0.508 e. The van der Waals surface area contributed by atoms with Crippen LogP contribution >= 0.6 is 11.6 Å². The van der Waals surface area contributed by atoms with E-state index in [9.17, 15) is 5.11 Å². The van der Waals surface area contributed by atoms with Gasteiger partial charge in [0.25, 0.3) is 5.95 Å². The molecule has 1 aromatic heterocycles. The molecule has 0 aliphatic carbocycles. The molecule has 0 amide bonds. The Balaban J connectivity index is 1.71. The molecular formula is C23H18ClN5O. The Morgan fingerprint density at radius 3 is 2.40 bits per heavy atom. The standard InChI is InChI=1S/C23H18ClN5O/c1-15-25-26-23-28(14-16-6-12-19(30)13-7-16)27-22(17-8-10-18(24)11-9-17)20-4-2-3-5-21(20)29(15)23/h2-13,30H,14H2,1H3. The van der Waals surface area contributed by atoms with Crippen molar-refractivity contribution in [1.82, 2.24) is 14.8 Å². The maximum Gasteiger partial charge on any atom is 0.252 e. The Morgan fingerprint density at radius 2 is 1.63 bits per heavy atom. The van der Waals surface area contributed by atoms with Crippen LogP contribution in [0.15, 0.2) is 77.9 Å². The number of nitrogens with zero attached hydrogens (tertiary/aromatic N) is 5. The summed E-state index contributed by atoms with van der Waals surface area (Å²) in [6.07, 6.45) is 0. The van der Waals surface area contributed by atoms with Gasteiger partial charge in [0, 0.05) is 16.1 Å². The molecule has 30 heavy (non-hydrogen) atoms. The van der Waals surface area contributed by atoms with Crippen LogP contribution in [-0.2, 0) is 6.54 Å². The number of phenolic OH excluding ortho intramolecular Hbond substituents is 1. The number of aromatic hydroxyl groups is 1. The summed E-state index contributed by atoms with van der Waals surface area (Å²) in [6, 6.07) is 22.8. The van der Waals surface area contributed by atoms with E-state index < -0.39 is 0 Å². The fourth-order valence-corrected chi connectivity index (χ4v) is 3.72. The number of aromatic nitrogens is 3. The van der Waals surface area contributed by atoms with Crippen molar-refractivity contribution in [2.45, 2.75) is 13.5 Å². The van der Waals surface area contributed by atoms with Crippen LogP contribution in [0.4, 0.5) is 5.95 Å². The molecular weight excluding hydrogens is 398 g/mol. The van der Waals surface area contributed by atoms with Crippen molar-refractivity contribution < 1.29 is 5.11 Å². The van der Waals surface area contributed by atoms with Crippen LogP contribution in [-0.4, -0.2) is 25.6 Å². The lowest BCUT2D eigenvalue weighted by molar-refractivity contribution is 0.475. The minimum Gasteiger partial charge on any atom is -0.508 e. The molecule has 5 rings (SSSR count). The smallest absolute Gasteiger partial charge is 0.252 e. The van der Waals surface area contributed by atoms with Gasteiger partial charge in [0.2, 0.25) is 0 Å². The van der Waals surface area contributed by atoms with Gasteiger partial charge in [0.1, 0.15) is 17.3 Å². The van der Waals surface area contributed by atoms with Gasteiger partial charge in [-0.15, -0.1) is 10.2 Å². The minimum absolute atomic E-state index is 0.228. The van der Waals surface area contributed by atoms with Crippen molar-refractivity contribution >= 4 is 23.3 Å². The summed E-state index contributed by atoms with van der Waals surface area (Å²) < 4.78 is 2.02. The number of aryl methyl sites for hydroxylation is 1. The first kappa shape index (κ1) is 18.4. The van der Waals surface area contributed by atoms with E-state index in [-0.39, 0.29) is 5.75 Å². The number of phenols is 1. The highest BCUT2D eigenvalue weighted by molar-refractivity contribution is 6.30. The van der Waals surface area contributed by atoms with Gasteiger partial charge < -0.3 is 5.11 Å². The van der Waals surface area contributed by atoms with Gasteiger partial charge in [0.15, 0.2) is 0 Å². The Labute approximate surface area is 178 Å². The molecule has 7 heteroatoms. The molecule has 0 atom stereocenters. The van der Waals surface area contributed by atoms with E-state index in [1.807, 2.05) is 71.1 Å². The summed E-state index contributed by atoms with van der Waals surface area (Å²) in [5.74, 6) is 1.64. The fraction of sp³-hybridized carbons (Fsp3) is 0.0870. The second kappa shape index (κ2) is 7.31. The van der Waals surface area contributed by atoms with Crippen LogP contribution in [0.1, 0.15) is 22.5 Å². The summed E-state index contributed by atoms with van der Waals surface area (Å²) >= 11 is 6.12. The number of fused-ring (bicyclic) bond motifs is 3. The lowest BCUT2D eigenvalue weighted by atomic mass is 10.0. The van der Waals surface area contributed by atoms with Gasteiger partial charge in [-0.25, -0.2) is 5.01 Å². The van der Waals surface area contributed by atoms with Crippen LogP contribution in [0.25, 0.3) is 5.69 Å². The highest BCUT2D eigenvalue weighted by atomic mass is 35.5. The number of rotatable bonds is 3. The molecule has 0 spiro atoms. The van der Waals surface area contributed by atoms with E-state index in [1.54, 1.807) is 12.1 Å². The third-order valence-electron chi connectivity index (χ3n) is 5.05. The summed E-state index contributed by atoms with van der Waals surface area (Å²) in [5, 5.41) is 25.9. The third kappa shape index (κ3) is 3.21. The summed E-state index contributed by atoms with van der Waals surface area (Å²) in [5.41, 5.74) is 4.73. The van der Waals surface area contributed by atoms with Crippen molar-refractivity contribution in [3.63, 3.8) is 0 Å². The lowest BCUT2D eigenvalue weighted by Gasteiger charge is -2.18. The highest BCUT2D eigenvalue weighted by Gasteiger charge is 2.26. The predicted molar refractivity (Wildman–Crippen MR) is 117 cm³/mol. The van der Waals surface area contributed by atoms with Gasteiger partial charge in [-0.3, -0.25) is 4.57 Å². The quantitative estimate of drug-likeness (QED) is 0.526. The average Bonchev–Trinajstić information content (AvgIpc) is 3.08. The summed E-state index contributed by atoms with van der Waals surface area (Å²) in [6.45, 7) is 2.41. The summed E-state index contributed by atoms with van der Waals surface area (Å²) in [4.78, 5) is 0. The zero-order valence-corrected chi connectivity index (χ0v) is 17.0. The average molecular weight is 416 g/mol. The molecule has 4 aromatic rings. The topological polar surface area (TPSA) is 66.5 Å². The number of halogens is 1. The Kier molecular flexibility index (Phi) is 4.48. The van der Waals surface area contributed by atoms with Crippen LogP contribution < -0.4 is 5.01 Å². The second-order valence-electron chi connectivity index (χ2n) is 7.08. The van der Waals surface area contributed by atoms with Crippen LogP contribution in [0.5, 0.6) is 5.75 Å². The molecule has 0 saturated heterocycles. The van der Waals surface area contributed by atoms with E-state index in [0.29, 0.717) is 17.5 Å². The zero-order valence-electron chi connectivity index (χ0n) is 16.2. The molecule has 1 aliphatic rings. The number of para-hydroxylation sites is 1. The zero-order chi connectivity index (χ0) is 20.7. The first-order valence-electron chi connectivity index (χ1n) is 9.52. The van der Waals surface area contributed by atoms with Gasteiger partial charge in [-0.1, -0.05) is 54.1 Å². The number of hydrogen-bond acceptors (Lipinski definition) is 5. The van der Waals surface area contributed by atoms with E-state index in [4.69, 9.17) is 16.7 Å². The molecule has 6 nitrogen and oxygen atoms in total. The molecule has 2 heterocycles. The number of benzene rings is 3. The minimum atomic E-state index is 0.228. The maximum atomic E-state index is 9.62. The van der Waals surface area contributed by atoms with E-state index in [1.165, 1.54) is 0 Å². The first-order chi connectivity index (χ1) is 14.6. The monoisotopic (exact) mass is 415 g/mol. The second-order valence-corrected chi connectivity index (χ2v) is 7.52. The van der Waals surface area contributed by atoms with Crippen molar-refractivity contribution in [2.24, 2.45) is 5.10 Å². The Hall–Kier alpha value is -3.64. The maximum absolute atomic E-state index is 9.62. The molecule has 1 N–H and O–H groups in total. The number of anilines is 1. The van der Waals surface area contributed by atoms with Crippen molar-refractivity contribution in [3.8, 4) is 11.4 Å². The van der Waals surface area contributed by atoms with Gasteiger partial charge >= 0.3 is 0 Å². The van der Waals surface area contributed by atoms with Crippen molar-refractivity contribution in [3.05, 3.63) is 100 Å². The highest BCUT2D eigenvalue weighted by Crippen LogP contribution is 2.30. The number of hydrazone groups is 1. The third-order valence-corrected chi connectivity index (χ3v) is 5.30. The molecule has 148 valence electrons. The summed E-state index contributed by atoms with van der Waals surface area (Å²) in [7, 11) is 0. The van der Waals surface area contributed by atoms with Crippen LogP contribution in [0.2, 0.25) is 5.02 Å². The molecule has 1 aliphatic heterocycles.